The highest BCUT2D eigenvalue weighted by atomic mass is 16.9. The SMILES string of the molecule is CCCCCCCCON(OCCCCCCCC)c1ccccc1. The van der Waals surface area contributed by atoms with Crippen LogP contribution in [0.1, 0.15) is 90.9 Å². The van der Waals surface area contributed by atoms with Crippen LogP contribution in [0, 0.1) is 0 Å². The molecular weight excluding hydrogens is 310 g/mol. The van der Waals surface area contributed by atoms with Crippen molar-refractivity contribution < 1.29 is 9.68 Å². The molecule has 0 aliphatic heterocycles. The van der Waals surface area contributed by atoms with Gasteiger partial charge >= 0.3 is 0 Å². The van der Waals surface area contributed by atoms with Gasteiger partial charge in [-0.25, -0.2) is 9.68 Å². The second kappa shape index (κ2) is 16.4. The molecular formula is C22H39NO2. The molecule has 0 atom stereocenters. The van der Waals surface area contributed by atoms with Gasteiger partial charge in [0.25, 0.3) is 0 Å². The highest BCUT2D eigenvalue weighted by Gasteiger charge is 2.07. The average molecular weight is 350 g/mol. The fourth-order valence-corrected chi connectivity index (χ4v) is 2.80. The van der Waals surface area contributed by atoms with Crippen LogP contribution in [0.5, 0.6) is 0 Å². The maximum absolute atomic E-state index is 5.89. The number of nitrogens with zero attached hydrogens (tertiary/aromatic N) is 1. The molecule has 25 heavy (non-hydrogen) atoms. The quantitative estimate of drug-likeness (QED) is 0.221. The van der Waals surface area contributed by atoms with Crippen molar-refractivity contribution >= 4 is 5.69 Å². The predicted molar refractivity (Wildman–Crippen MR) is 108 cm³/mol. The van der Waals surface area contributed by atoms with Gasteiger partial charge < -0.3 is 0 Å². The summed E-state index contributed by atoms with van der Waals surface area (Å²) >= 11 is 0. The molecule has 0 saturated carbocycles. The number of rotatable bonds is 17. The summed E-state index contributed by atoms with van der Waals surface area (Å²) in [7, 11) is 0. The van der Waals surface area contributed by atoms with E-state index in [0.717, 1.165) is 31.7 Å². The highest BCUT2D eigenvalue weighted by Crippen LogP contribution is 2.16. The first-order valence-corrected chi connectivity index (χ1v) is 10.5. The van der Waals surface area contributed by atoms with Crippen molar-refractivity contribution in [1.29, 1.82) is 0 Å². The van der Waals surface area contributed by atoms with Gasteiger partial charge in [-0.05, 0) is 25.0 Å². The molecule has 3 heteroatoms. The highest BCUT2D eigenvalue weighted by molar-refractivity contribution is 5.40. The minimum Gasteiger partial charge on any atom is -0.249 e. The van der Waals surface area contributed by atoms with Crippen LogP contribution < -0.4 is 5.23 Å². The lowest BCUT2D eigenvalue weighted by Crippen LogP contribution is -2.25. The Morgan fingerprint density at radius 3 is 1.52 bits per heavy atom. The van der Waals surface area contributed by atoms with Crippen molar-refractivity contribution in [2.24, 2.45) is 0 Å². The lowest BCUT2D eigenvalue weighted by Gasteiger charge is -2.22. The van der Waals surface area contributed by atoms with E-state index in [-0.39, 0.29) is 0 Å². The molecule has 0 heterocycles. The molecule has 144 valence electrons. The Labute approximate surface area is 155 Å². The van der Waals surface area contributed by atoms with Crippen molar-refractivity contribution in [3.63, 3.8) is 0 Å². The lowest BCUT2D eigenvalue weighted by molar-refractivity contribution is -0.0914. The zero-order valence-electron chi connectivity index (χ0n) is 16.5. The third-order valence-corrected chi connectivity index (χ3v) is 4.38. The average Bonchev–Trinajstić information content (AvgIpc) is 2.65. The number of anilines is 1. The van der Waals surface area contributed by atoms with Gasteiger partial charge in [0.05, 0.1) is 18.9 Å². The molecule has 3 nitrogen and oxygen atoms in total. The Balaban J connectivity index is 2.21. The van der Waals surface area contributed by atoms with Gasteiger partial charge in [0, 0.05) is 0 Å². The van der Waals surface area contributed by atoms with E-state index >= 15 is 0 Å². The summed E-state index contributed by atoms with van der Waals surface area (Å²) in [6.45, 7) is 5.94. The molecule has 0 amide bonds. The molecule has 1 rings (SSSR count). The lowest BCUT2D eigenvalue weighted by atomic mass is 10.1. The van der Waals surface area contributed by atoms with Crippen molar-refractivity contribution in [3.05, 3.63) is 30.3 Å². The molecule has 0 spiro atoms. The molecule has 0 bridgehead atoms. The standard InChI is InChI=1S/C22H39NO2/c1-3-5-7-9-11-16-20-24-23(22-18-14-13-15-19-22)25-21-17-12-10-8-6-4-2/h13-15,18-19H,3-12,16-17,20-21H2,1-2H3. The summed E-state index contributed by atoms with van der Waals surface area (Å²) in [5.74, 6) is 0. The van der Waals surface area contributed by atoms with Crippen LogP contribution in [-0.4, -0.2) is 13.2 Å². The molecule has 0 unspecified atom stereocenters. The number of unbranched alkanes of at least 4 members (excludes halogenated alkanes) is 10. The van der Waals surface area contributed by atoms with Gasteiger partial charge in [0.2, 0.25) is 0 Å². The minimum absolute atomic E-state index is 0.720. The fraction of sp³-hybridized carbons (Fsp3) is 0.727. The van der Waals surface area contributed by atoms with Gasteiger partial charge in [-0.1, -0.05) is 96.3 Å². The normalized spacial score (nSPS) is 11.0. The first-order valence-electron chi connectivity index (χ1n) is 10.5. The second-order valence-corrected chi connectivity index (χ2v) is 6.79. The van der Waals surface area contributed by atoms with Crippen LogP contribution in [0.15, 0.2) is 30.3 Å². The van der Waals surface area contributed by atoms with E-state index in [1.807, 2.05) is 30.3 Å². The predicted octanol–water partition coefficient (Wildman–Crippen LogP) is 7.08. The number of benzene rings is 1. The van der Waals surface area contributed by atoms with Gasteiger partial charge in [0.15, 0.2) is 0 Å². The zero-order valence-corrected chi connectivity index (χ0v) is 16.5. The van der Waals surface area contributed by atoms with E-state index in [1.54, 1.807) is 5.23 Å². The Bertz CT molecular complexity index is 365. The summed E-state index contributed by atoms with van der Waals surface area (Å²) in [6.07, 6.45) is 15.2. The summed E-state index contributed by atoms with van der Waals surface area (Å²) in [4.78, 5) is 11.8. The molecule has 0 saturated heterocycles. The smallest absolute Gasteiger partial charge is 0.0947 e. The van der Waals surface area contributed by atoms with E-state index in [2.05, 4.69) is 13.8 Å². The Morgan fingerprint density at radius 1 is 0.600 bits per heavy atom. The third-order valence-electron chi connectivity index (χ3n) is 4.38. The van der Waals surface area contributed by atoms with Crippen molar-refractivity contribution in [1.82, 2.24) is 0 Å². The van der Waals surface area contributed by atoms with E-state index in [9.17, 15) is 0 Å². The van der Waals surface area contributed by atoms with E-state index in [1.165, 1.54) is 64.2 Å². The maximum atomic E-state index is 5.89. The Morgan fingerprint density at radius 2 is 1.04 bits per heavy atom. The van der Waals surface area contributed by atoms with Crippen molar-refractivity contribution in [2.75, 3.05) is 18.4 Å². The molecule has 0 aliphatic carbocycles. The van der Waals surface area contributed by atoms with Crippen LogP contribution in [0.2, 0.25) is 0 Å². The van der Waals surface area contributed by atoms with Crippen LogP contribution in [-0.2, 0) is 9.68 Å². The largest absolute Gasteiger partial charge is 0.249 e. The summed E-state index contributed by atoms with van der Waals surface area (Å²) in [5.41, 5.74) is 0.972. The van der Waals surface area contributed by atoms with E-state index in [4.69, 9.17) is 9.68 Å². The number of para-hydroxylation sites is 1. The number of hydrogen-bond acceptors (Lipinski definition) is 3. The van der Waals surface area contributed by atoms with Gasteiger partial charge in [-0.3, -0.25) is 0 Å². The minimum atomic E-state index is 0.720. The van der Waals surface area contributed by atoms with Crippen LogP contribution in [0.4, 0.5) is 5.69 Å². The zero-order chi connectivity index (χ0) is 18.0. The van der Waals surface area contributed by atoms with Crippen molar-refractivity contribution in [2.45, 2.75) is 90.9 Å². The van der Waals surface area contributed by atoms with Crippen LogP contribution in [0.25, 0.3) is 0 Å². The van der Waals surface area contributed by atoms with Crippen LogP contribution >= 0.6 is 0 Å². The maximum Gasteiger partial charge on any atom is 0.0947 e. The number of hydrogen-bond donors (Lipinski definition) is 0. The van der Waals surface area contributed by atoms with Gasteiger partial charge in [-0.15, -0.1) is 5.23 Å². The second-order valence-electron chi connectivity index (χ2n) is 6.79. The molecule has 0 aliphatic rings. The monoisotopic (exact) mass is 349 g/mol. The molecule has 0 aromatic heterocycles. The van der Waals surface area contributed by atoms with Crippen LogP contribution in [0.3, 0.4) is 0 Å². The molecule has 1 aromatic rings. The Kier molecular flexibility index (Phi) is 14.4. The van der Waals surface area contributed by atoms with Gasteiger partial charge in [0.1, 0.15) is 0 Å². The summed E-state index contributed by atoms with van der Waals surface area (Å²) in [5, 5.41) is 1.62. The third kappa shape index (κ3) is 12.0. The first-order chi connectivity index (χ1) is 12.4. The summed E-state index contributed by atoms with van der Waals surface area (Å²) in [6, 6.07) is 10.1. The fourth-order valence-electron chi connectivity index (χ4n) is 2.80. The molecule has 0 radical (unpaired) electrons. The van der Waals surface area contributed by atoms with E-state index < -0.39 is 0 Å². The molecule has 0 fully saturated rings. The topological polar surface area (TPSA) is 21.7 Å². The van der Waals surface area contributed by atoms with Gasteiger partial charge in [-0.2, -0.15) is 0 Å². The Hall–Kier alpha value is -1.06. The molecule has 0 N–H and O–H groups in total. The molecule has 1 aromatic carbocycles. The summed E-state index contributed by atoms with van der Waals surface area (Å²) < 4.78 is 0. The first kappa shape index (κ1) is 22.0. The van der Waals surface area contributed by atoms with Crippen molar-refractivity contribution in [3.8, 4) is 0 Å². The van der Waals surface area contributed by atoms with E-state index in [0.29, 0.717) is 0 Å².